The number of benzene rings is 1. The number of carboxylic acid groups (broad SMARTS) is 1. The van der Waals surface area contributed by atoms with Gasteiger partial charge < -0.3 is 10.2 Å². The molecule has 2 aromatic rings. The first-order valence-corrected chi connectivity index (χ1v) is 4.67. The van der Waals surface area contributed by atoms with Crippen LogP contribution in [-0.2, 0) is 0 Å². The van der Waals surface area contributed by atoms with E-state index in [4.69, 9.17) is 10.2 Å². The van der Waals surface area contributed by atoms with E-state index in [1.807, 2.05) is 0 Å². The average molecular weight is 218 g/mol. The predicted octanol–water partition coefficient (Wildman–Crippen LogP) is 1.58. The van der Waals surface area contributed by atoms with Crippen LogP contribution in [0.25, 0.3) is 5.69 Å². The Morgan fingerprint density at radius 3 is 2.44 bits per heavy atom. The number of aromatic hydroxyl groups is 1. The third kappa shape index (κ3) is 1.63. The van der Waals surface area contributed by atoms with E-state index in [1.165, 1.54) is 23.0 Å². The molecule has 0 radical (unpaired) electrons. The van der Waals surface area contributed by atoms with Gasteiger partial charge in [-0.15, -0.1) is 0 Å². The number of aromatic carboxylic acids is 1. The molecule has 2 N–H and O–H groups in total. The number of carboxylic acids is 1. The zero-order chi connectivity index (χ0) is 11.7. The summed E-state index contributed by atoms with van der Waals surface area (Å²) in [5.41, 5.74) is 1.44. The molecule has 1 heterocycles. The van der Waals surface area contributed by atoms with Crippen molar-refractivity contribution in [1.29, 1.82) is 0 Å². The number of phenolic OH excluding ortho intramolecular Hbond substituents is 1. The molecule has 0 unspecified atom stereocenters. The van der Waals surface area contributed by atoms with E-state index in [-0.39, 0.29) is 11.3 Å². The number of rotatable bonds is 2. The monoisotopic (exact) mass is 218 g/mol. The largest absolute Gasteiger partial charge is 0.508 e. The lowest BCUT2D eigenvalue weighted by Crippen LogP contribution is -2.02. The fourth-order valence-electron chi connectivity index (χ4n) is 1.47. The molecule has 0 atom stereocenters. The van der Waals surface area contributed by atoms with Crippen LogP contribution < -0.4 is 0 Å². The number of phenols is 1. The van der Waals surface area contributed by atoms with Crippen LogP contribution in [0.5, 0.6) is 5.75 Å². The molecule has 2 rings (SSSR count). The minimum Gasteiger partial charge on any atom is -0.508 e. The van der Waals surface area contributed by atoms with Crippen LogP contribution >= 0.6 is 0 Å². The van der Waals surface area contributed by atoms with Crippen molar-refractivity contribution in [1.82, 2.24) is 9.78 Å². The van der Waals surface area contributed by atoms with Crippen molar-refractivity contribution >= 4 is 5.97 Å². The third-order valence-corrected chi connectivity index (χ3v) is 2.33. The second kappa shape index (κ2) is 3.69. The molecule has 0 saturated carbocycles. The van der Waals surface area contributed by atoms with Crippen molar-refractivity contribution in [3.05, 3.63) is 41.7 Å². The van der Waals surface area contributed by atoms with Crippen molar-refractivity contribution in [3.8, 4) is 11.4 Å². The summed E-state index contributed by atoms with van der Waals surface area (Å²) in [4.78, 5) is 10.8. The maximum Gasteiger partial charge on any atom is 0.339 e. The molecule has 0 bridgehead atoms. The highest BCUT2D eigenvalue weighted by atomic mass is 16.4. The van der Waals surface area contributed by atoms with Crippen LogP contribution in [0.2, 0.25) is 0 Å². The van der Waals surface area contributed by atoms with E-state index in [0.717, 1.165) is 0 Å². The summed E-state index contributed by atoms with van der Waals surface area (Å²) in [6, 6.07) is 6.38. The van der Waals surface area contributed by atoms with Gasteiger partial charge in [-0.05, 0) is 31.2 Å². The first kappa shape index (κ1) is 10.2. The van der Waals surface area contributed by atoms with Crippen molar-refractivity contribution in [2.75, 3.05) is 0 Å². The SMILES string of the molecule is Cc1c(C(=O)O)cnn1-c1ccc(O)cc1. The summed E-state index contributed by atoms with van der Waals surface area (Å²) in [5, 5.41) is 22.0. The maximum atomic E-state index is 10.8. The van der Waals surface area contributed by atoms with Crippen LogP contribution in [0.3, 0.4) is 0 Å². The van der Waals surface area contributed by atoms with Gasteiger partial charge in [0.05, 0.1) is 17.6 Å². The van der Waals surface area contributed by atoms with Crippen LogP contribution in [0, 0.1) is 6.92 Å². The fraction of sp³-hybridized carbons (Fsp3) is 0.0909. The Balaban J connectivity index is 2.49. The van der Waals surface area contributed by atoms with Gasteiger partial charge in [-0.2, -0.15) is 5.10 Å². The molecule has 1 aromatic carbocycles. The Hall–Kier alpha value is -2.30. The predicted molar refractivity (Wildman–Crippen MR) is 56.9 cm³/mol. The van der Waals surface area contributed by atoms with Crippen LogP contribution in [-0.4, -0.2) is 26.0 Å². The molecular weight excluding hydrogens is 208 g/mol. The van der Waals surface area contributed by atoms with Crippen LogP contribution in [0.4, 0.5) is 0 Å². The summed E-state index contributed by atoms with van der Waals surface area (Å²) in [5.74, 6) is -0.838. The number of nitrogens with zero attached hydrogens (tertiary/aromatic N) is 2. The van der Waals surface area contributed by atoms with Gasteiger partial charge in [-0.1, -0.05) is 0 Å². The van der Waals surface area contributed by atoms with E-state index in [0.29, 0.717) is 11.4 Å². The van der Waals surface area contributed by atoms with E-state index in [1.54, 1.807) is 19.1 Å². The lowest BCUT2D eigenvalue weighted by molar-refractivity contribution is 0.0696. The van der Waals surface area contributed by atoms with Gasteiger partial charge in [0.2, 0.25) is 0 Å². The highest BCUT2D eigenvalue weighted by Crippen LogP contribution is 2.16. The molecule has 0 spiro atoms. The molecule has 16 heavy (non-hydrogen) atoms. The molecule has 82 valence electrons. The average Bonchev–Trinajstić information content (AvgIpc) is 2.61. The van der Waals surface area contributed by atoms with E-state index >= 15 is 0 Å². The second-order valence-corrected chi connectivity index (χ2v) is 3.38. The van der Waals surface area contributed by atoms with Crippen LogP contribution in [0.15, 0.2) is 30.5 Å². The standard InChI is InChI=1S/C11H10N2O3/c1-7-10(11(15)16)6-12-13(7)8-2-4-9(14)5-3-8/h2-6,14H,1H3,(H,15,16). The first-order valence-electron chi connectivity index (χ1n) is 4.67. The van der Waals surface area contributed by atoms with Gasteiger partial charge in [0.1, 0.15) is 11.3 Å². The molecule has 0 aliphatic rings. The molecule has 5 nitrogen and oxygen atoms in total. The summed E-state index contributed by atoms with van der Waals surface area (Å²) in [6.45, 7) is 1.68. The highest BCUT2D eigenvalue weighted by Gasteiger charge is 2.13. The number of aromatic nitrogens is 2. The number of hydrogen-bond donors (Lipinski definition) is 2. The zero-order valence-electron chi connectivity index (χ0n) is 8.58. The summed E-state index contributed by atoms with van der Waals surface area (Å²) >= 11 is 0. The number of carbonyl (C=O) groups is 1. The zero-order valence-corrected chi connectivity index (χ0v) is 8.58. The molecule has 5 heteroatoms. The van der Waals surface area contributed by atoms with E-state index in [2.05, 4.69) is 5.10 Å². The first-order chi connectivity index (χ1) is 7.59. The van der Waals surface area contributed by atoms with Gasteiger partial charge in [0.15, 0.2) is 0 Å². The summed E-state index contributed by atoms with van der Waals surface area (Å²) < 4.78 is 1.52. The van der Waals surface area contributed by atoms with E-state index < -0.39 is 5.97 Å². The number of hydrogen-bond acceptors (Lipinski definition) is 3. The smallest absolute Gasteiger partial charge is 0.339 e. The second-order valence-electron chi connectivity index (χ2n) is 3.38. The van der Waals surface area contributed by atoms with E-state index in [9.17, 15) is 4.79 Å². The maximum absolute atomic E-state index is 10.8. The van der Waals surface area contributed by atoms with Crippen LogP contribution in [0.1, 0.15) is 16.1 Å². The van der Waals surface area contributed by atoms with Gasteiger partial charge in [0.25, 0.3) is 0 Å². The normalized spacial score (nSPS) is 10.3. The quantitative estimate of drug-likeness (QED) is 0.802. The Kier molecular flexibility index (Phi) is 2.36. The van der Waals surface area contributed by atoms with Crippen molar-refractivity contribution in [2.24, 2.45) is 0 Å². The van der Waals surface area contributed by atoms with Crippen molar-refractivity contribution in [3.63, 3.8) is 0 Å². The molecule has 0 fully saturated rings. The van der Waals surface area contributed by atoms with Gasteiger partial charge in [0, 0.05) is 0 Å². The Morgan fingerprint density at radius 2 is 1.94 bits per heavy atom. The summed E-state index contributed by atoms with van der Waals surface area (Å²) in [6.07, 6.45) is 1.31. The lowest BCUT2D eigenvalue weighted by atomic mass is 10.2. The third-order valence-electron chi connectivity index (χ3n) is 2.33. The summed E-state index contributed by atoms with van der Waals surface area (Å²) in [7, 11) is 0. The minimum absolute atomic E-state index is 0.159. The molecule has 0 saturated heterocycles. The molecule has 0 aliphatic heterocycles. The molecule has 0 aliphatic carbocycles. The molecule has 0 amide bonds. The highest BCUT2D eigenvalue weighted by molar-refractivity contribution is 5.88. The fourth-order valence-corrected chi connectivity index (χ4v) is 1.47. The van der Waals surface area contributed by atoms with Gasteiger partial charge in [-0.25, -0.2) is 9.48 Å². The van der Waals surface area contributed by atoms with Crippen molar-refractivity contribution < 1.29 is 15.0 Å². The molecule has 1 aromatic heterocycles. The van der Waals surface area contributed by atoms with Crippen molar-refractivity contribution in [2.45, 2.75) is 6.92 Å². The Bertz CT molecular complexity index is 529. The minimum atomic E-state index is -0.998. The van der Waals surface area contributed by atoms with Gasteiger partial charge in [-0.3, -0.25) is 0 Å². The topological polar surface area (TPSA) is 75.3 Å². The Labute approximate surface area is 91.6 Å². The van der Waals surface area contributed by atoms with Gasteiger partial charge >= 0.3 is 5.97 Å². The molecular formula is C11H10N2O3. The lowest BCUT2D eigenvalue weighted by Gasteiger charge is -2.04. The Morgan fingerprint density at radius 1 is 1.31 bits per heavy atom.